The Bertz CT molecular complexity index is 1300. The molecule has 1 N–H and O–H groups in total. The molecule has 1 heterocycles. The van der Waals surface area contributed by atoms with Gasteiger partial charge in [0.05, 0.1) is 12.6 Å². The van der Waals surface area contributed by atoms with Gasteiger partial charge < -0.3 is 14.6 Å². The molecule has 0 radical (unpaired) electrons. The number of aliphatic carboxylic acids is 1. The molecule has 0 aliphatic carbocycles. The van der Waals surface area contributed by atoms with E-state index in [0.717, 1.165) is 11.5 Å². The Kier molecular flexibility index (Phi) is 5.48. The molecule has 0 aliphatic heterocycles. The van der Waals surface area contributed by atoms with Crippen LogP contribution in [0.1, 0.15) is 11.1 Å². The number of carboxylic acids is 1. The van der Waals surface area contributed by atoms with E-state index < -0.39 is 23.5 Å². The molecule has 3 aromatic carbocycles. The highest BCUT2D eigenvalue weighted by atomic mass is 19.4. The number of benzene rings is 3. The minimum atomic E-state index is -4.70. The van der Waals surface area contributed by atoms with Crippen molar-refractivity contribution in [2.24, 2.45) is 7.05 Å². The molecule has 1 aromatic heterocycles. The maximum atomic E-state index is 13.8. The Morgan fingerprint density at radius 1 is 1.00 bits per heavy atom. The quantitative estimate of drug-likeness (QED) is 0.408. The van der Waals surface area contributed by atoms with Crippen molar-refractivity contribution in [1.82, 2.24) is 9.78 Å². The molecule has 0 saturated heterocycles. The number of para-hydroxylation sites is 1. The van der Waals surface area contributed by atoms with E-state index in [4.69, 9.17) is 14.6 Å². The SMILES string of the molecule is Cn1ncc2cccc(Oc3ccc(Oc4cccc(CC(=O)O)c4)c(C(F)(F)F)c3)c21. The van der Waals surface area contributed by atoms with E-state index >= 15 is 0 Å². The fourth-order valence-corrected chi connectivity index (χ4v) is 3.31. The van der Waals surface area contributed by atoms with Crippen molar-refractivity contribution in [3.05, 3.63) is 78.0 Å². The number of hydrogen-bond donors (Lipinski definition) is 1. The van der Waals surface area contributed by atoms with Crippen LogP contribution >= 0.6 is 0 Å². The van der Waals surface area contributed by atoms with Crippen LogP contribution in [0.25, 0.3) is 10.9 Å². The number of ether oxygens (including phenoxy) is 2. The Balaban J connectivity index is 1.67. The van der Waals surface area contributed by atoms with Crippen LogP contribution in [0, 0.1) is 0 Å². The number of carbonyl (C=O) groups is 1. The van der Waals surface area contributed by atoms with E-state index in [1.807, 2.05) is 6.07 Å². The van der Waals surface area contributed by atoms with Crippen molar-refractivity contribution < 1.29 is 32.5 Å². The normalized spacial score (nSPS) is 11.5. The second-order valence-corrected chi connectivity index (χ2v) is 7.04. The summed E-state index contributed by atoms with van der Waals surface area (Å²) in [5.74, 6) is -1.02. The van der Waals surface area contributed by atoms with Gasteiger partial charge in [-0.25, -0.2) is 0 Å². The average Bonchev–Trinajstić information content (AvgIpc) is 3.10. The number of fused-ring (bicyclic) bond motifs is 1. The van der Waals surface area contributed by atoms with Gasteiger partial charge in [-0.3, -0.25) is 9.48 Å². The van der Waals surface area contributed by atoms with Crippen LogP contribution in [0.15, 0.2) is 66.9 Å². The molecule has 9 heteroatoms. The second-order valence-electron chi connectivity index (χ2n) is 7.04. The minimum absolute atomic E-state index is 0.0157. The summed E-state index contributed by atoms with van der Waals surface area (Å²) in [6, 6.07) is 14.5. The van der Waals surface area contributed by atoms with E-state index in [-0.39, 0.29) is 17.9 Å². The lowest BCUT2D eigenvalue weighted by Crippen LogP contribution is -2.07. The Labute approximate surface area is 180 Å². The van der Waals surface area contributed by atoms with Crippen molar-refractivity contribution in [2.75, 3.05) is 0 Å². The van der Waals surface area contributed by atoms with Crippen molar-refractivity contribution in [1.29, 1.82) is 0 Å². The van der Waals surface area contributed by atoms with Crippen LogP contribution in [0.2, 0.25) is 0 Å². The van der Waals surface area contributed by atoms with Gasteiger partial charge in [0.15, 0.2) is 5.75 Å². The summed E-state index contributed by atoms with van der Waals surface area (Å²) in [5.41, 5.74) is 0.0419. The molecule has 0 spiro atoms. The van der Waals surface area contributed by atoms with Gasteiger partial charge in [-0.05, 0) is 42.0 Å². The monoisotopic (exact) mass is 442 g/mol. The zero-order valence-electron chi connectivity index (χ0n) is 16.8. The molecule has 164 valence electrons. The summed E-state index contributed by atoms with van der Waals surface area (Å²) >= 11 is 0. The lowest BCUT2D eigenvalue weighted by atomic mass is 10.1. The topological polar surface area (TPSA) is 73.6 Å². The maximum Gasteiger partial charge on any atom is 0.420 e. The van der Waals surface area contributed by atoms with Gasteiger partial charge in [0.2, 0.25) is 0 Å². The highest BCUT2D eigenvalue weighted by Crippen LogP contribution is 2.41. The molecular formula is C23H17F3N2O4. The molecule has 0 atom stereocenters. The number of aromatic nitrogens is 2. The molecule has 32 heavy (non-hydrogen) atoms. The van der Waals surface area contributed by atoms with Crippen molar-refractivity contribution in [3.8, 4) is 23.0 Å². The predicted molar refractivity (Wildman–Crippen MR) is 110 cm³/mol. The third kappa shape index (κ3) is 4.51. The number of nitrogens with zero attached hydrogens (tertiary/aromatic N) is 2. The maximum absolute atomic E-state index is 13.8. The van der Waals surface area contributed by atoms with Crippen LogP contribution in [-0.4, -0.2) is 20.9 Å². The van der Waals surface area contributed by atoms with Gasteiger partial charge >= 0.3 is 12.1 Å². The fourth-order valence-electron chi connectivity index (χ4n) is 3.31. The Morgan fingerprint density at radius 3 is 2.47 bits per heavy atom. The number of hydrogen-bond acceptors (Lipinski definition) is 4. The Hall–Kier alpha value is -4.01. The molecule has 0 amide bonds. The fraction of sp³-hybridized carbons (Fsp3) is 0.130. The predicted octanol–water partition coefficient (Wildman–Crippen LogP) is 5.80. The molecule has 0 fully saturated rings. The van der Waals surface area contributed by atoms with Gasteiger partial charge in [0.25, 0.3) is 0 Å². The highest BCUT2D eigenvalue weighted by molar-refractivity contribution is 5.84. The average molecular weight is 442 g/mol. The summed E-state index contributed by atoms with van der Waals surface area (Å²) < 4.78 is 54.1. The van der Waals surface area contributed by atoms with Crippen molar-refractivity contribution in [2.45, 2.75) is 12.6 Å². The molecule has 0 bridgehead atoms. The van der Waals surface area contributed by atoms with Gasteiger partial charge in [-0.2, -0.15) is 18.3 Å². The van der Waals surface area contributed by atoms with E-state index in [9.17, 15) is 18.0 Å². The first kappa shape index (κ1) is 21.2. The van der Waals surface area contributed by atoms with Crippen LogP contribution < -0.4 is 9.47 Å². The summed E-state index contributed by atoms with van der Waals surface area (Å²) in [7, 11) is 1.71. The first-order valence-corrected chi connectivity index (χ1v) is 9.49. The first-order valence-electron chi connectivity index (χ1n) is 9.49. The van der Waals surface area contributed by atoms with E-state index in [1.165, 1.54) is 30.3 Å². The van der Waals surface area contributed by atoms with Crippen LogP contribution in [0.3, 0.4) is 0 Å². The Morgan fingerprint density at radius 2 is 1.72 bits per heavy atom. The number of aryl methyl sites for hydroxylation is 1. The molecular weight excluding hydrogens is 425 g/mol. The number of rotatable bonds is 6. The second kappa shape index (κ2) is 8.26. The lowest BCUT2D eigenvalue weighted by Gasteiger charge is -2.16. The van der Waals surface area contributed by atoms with E-state index in [0.29, 0.717) is 16.8 Å². The van der Waals surface area contributed by atoms with Crippen LogP contribution in [0.4, 0.5) is 13.2 Å². The molecule has 4 rings (SSSR count). The lowest BCUT2D eigenvalue weighted by molar-refractivity contribution is -0.138. The van der Waals surface area contributed by atoms with E-state index in [2.05, 4.69) is 5.10 Å². The summed E-state index contributed by atoms with van der Waals surface area (Å²) in [4.78, 5) is 10.9. The first-order chi connectivity index (χ1) is 15.2. The van der Waals surface area contributed by atoms with Gasteiger partial charge in [0.1, 0.15) is 28.3 Å². The third-order valence-corrected chi connectivity index (χ3v) is 4.69. The van der Waals surface area contributed by atoms with Crippen molar-refractivity contribution >= 4 is 16.9 Å². The summed E-state index contributed by atoms with van der Waals surface area (Å²) in [6.07, 6.45) is -3.33. The number of carboxylic acid groups (broad SMARTS) is 1. The van der Waals surface area contributed by atoms with Gasteiger partial charge in [-0.15, -0.1) is 0 Å². The van der Waals surface area contributed by atoms with E-state index in [1.54, 1.807) is 36.1 Å². The van der Waals surface area contributed by atoms with Gasteiger partial charge in [0, 0.05) is 12.4 Å². The largest absolute Gasteiger partial charge is 0.481 e. The minimum Gasteiger partial charge on any atom is -0.481 e. The molecule has 4 aromatic rings. The molecule has 0 aliphatic rings. The third-order valence-electron chi connectivity index (χ3n) is 4.69. The highest BCUT2D eigenvalue weighted by Gasteiger charge is 2.35. The van der Waals surface area contributed by atoms with Crippen LogP contribution in [-0.2, 0) is 24.4 Å². The zero-order chi connectivity index (χ0) is 22.9. The molecule has 0 saturated carbocycles. The van der Waals surface area contributed by atoms with Gasteiger partial charge in [-0.1, -0.05) is 24.3 Å². The van der Waals surface area contributed by atoms with Crippen molar-refractivity contribution in [3.63, 3.8) is 0 Å². The smallest absolute Gasteiger partial charge is 0.420 e. The number of alkyl halides is 3. The number of halogens is 3. The standard InChI is InChI=1S/C23H17F3N2O4/c1-28-22-15(13-27-28)5-3-7-20(22)32-17-8-9-19(18(12-17)23(24,25)26)31-16-6-2-4-14(10-16)11-21(29)30/h2-10,12-13H,11H2,1H3,(H,29,30). The molecule has 6 nitrogen and oxygen atoms in total. The zero-order valence-corrected chi connectivity index (χ0v) is 16.8. The summed E-state index contributed by atoms with van der Waals surface area (Å²) in [5, 5.41) is 13.8. The summed E-state index contributed by atoms with van der Waals surface area (Å²) in [6.45, 7) is 0. The van der Waals surface area contributed by atoms with Crippen LogP contribution in [0.5, 0.6) is 23.0 Å². The molecule has 0 unspecified atom stereocenters.